The molecule has 0 fully saturated rings. The number of hydrogen-bond donors (Lipinski definition) is 0. The molecule has 0 bridgehead atoms. The third kappa shape index (κ3) is 3.45. The maximum absolute atomic E-state index is 14.7. The SMILES string of the molecule is CCc1ccc(C2C3=C(CC(C)N2CC(C)(C)F)c2ccccc2C3)cn1. The molecule has 0 saturated heterocycles. The van der Waals surface area contributed by atoms with Crippen molar-refractivity contribution in [1.29, 1.82) is 0 Å². The van der Waals surface area contributed by atoms with E-state index in [0.717, 1.165) is 25.0 Å². The van der Waals surface area contributed by atoms with Gasteiger partial charge in [0, 0.05) is 24.5 Å². The number of halogens is 1. The summed E-state index contributed by atoms with van der Waals surface area (Å²) in [5.41, 5.74) is 6.75. The predicted octanol–water partition coefficient (Wildman–Crippen LogP) is 5.54. The van der Waals surface area contributed by atoms with E-state index in [4.69, 9.17) is 0 Å². The van der Waals surface area contributed by atoms with E-state index in [1.165, 1.54) is 27.8 Å². The Morgan fingerprint density at radius 3 is 2.63 bits per heavy atom. The normalized spacial score (nSPS) is 22.7. The average Bonchev–Trinajstić information content (AvgIpc) is 2.99. The van der Waals surface area contributed by atoms with Crippen LogP contribution in [0.1, 0.15) is 62.5 Å². The zero-order valence-corrected chi connectivity index (χ0v) is 16.8. The lowest BCUT2D eigenvalue weighted by Gasteiger charge is -2.44. The lowest BCUT2D eigenvalue weighted by molar-refractivity contribution is 0.0701. The number of alkyl halides is 1. The number of fused-ring (bicyclic) bond motifs is 2. The highest BCUT2D eigenvalue weighted by atomic mass is 19.1. The summed E-state index contributed by atoms with van der Waals surface area (Å²) in [7, 11) is 0. The van der Waals surface area contributed by atoms with E-state index in [0.29, 0.717) is 12.6 Å². The molecule has 0 amide bonds. The van der Waals surface area contributed by atoms with Crippen LogP contribution in [0.2, 0.25) is 0 Å². The second-order valence-electron chi connectivity index (χ2n) is 8.62. The van der Waals surface area contributed by atoms with Gasteiger partial charge < -0.3 is 0 Å². The molecule has 2 nitrogen and oxygen atoms in total. The van der Waals surface area contributed by atoms with E-state index in [1.807, 2.05) is 6.20 Å². The van der Waals surface area contributed by atoms with Crippen LogP contribution in [0.5, 0.6) is 0 Å². The Bertz CT molecular complexity index is 861. The third-order valence-electron chi connectivity index (χ3n) is 5.92. The first-order chi connectivity index (χ1) is 12.9. The summed E-state index contributed by atoms with van der Waals surface area (Å²) in [6.45, 7) is 8.15. The van der Waals surface area contributed by atoms with Crippen molar-refractivity contribution in [1.82, 2.24) is 9.88 Å². The van der Waals surface area contributed by atoms with Gasteiger partial charge in [0.15, 0.2) is 0 Å². The molecular formula is C24H29FN2. The monoisotopic (exact) mass is 364 g/mol. The van der Waals surface area contributed by atoms with Crippen LogP contribution in [0.3, 0.4) is 0 Å². The van der Waals surface area contributed by atoms with Gasteiger partial charge in [-0.3, -0.25) is 9.88 Å². The molecule has 3 heteroatoms. The van der Waals surface area contributed by atoms with Crippen LogP contribution in [0.25, 0.3) is 5.57 Å². The Morgan fingerprint density at radius 1 is 1.19 bits per heavy atom. The molecule has 2 heterocycles. The number of aryl methyl sites for hydroxylation is 1. The smallest absolute Gasteiger partial charge is 0.118 e. The molecule has 0 spiro atoms. The molecule has 0 saturated carbocycles. The number of hydrogen-bond acceptors (Lipinski definition) is 2. The van der Waals surface area contributed by atoms with Crippen molar-refractivity contribution in [2.24, 2.45) is 0 Å². The highest BCUT2D eigenvalue weighted by molar-refractivity contribution is 5.78. The highest BCUT2D eigenvalue weighted by Crippen LogP contribution is 2.48. The quantitative estimate of drug-likeness (QED) is 0.708. The molecule has 1 aromatic heterocycles. The second kappa shape index (κ2) is 6.87. The fraction of sp³-hybridized carbons (Fsp3) is 0.458. The van der Waals surface area contributed by atoms with Gasteiger partial charge in [0.1, 0.15) is 5.67 Å². The standard InChI is InChI=1S/C24H29FN2/c1-5-19-11-10-18(14-26-19)23-22-13-17-8-6-7-9-20(17)21(22)12-16(2)27(23)15-24(3,4)25/h6-11,14,16,23H,5,12-13,15H2,1-4H3. The molecule has 2 atom stereocenters. The first kappa shape index (κ1) is 18.4. The molecule has 1 aromatic carbocycles. The maximum Gasteiger partial charge on any atom is 0.118 e. The van der Waals surface area contributed by atoms with Crippen molar-refractivity contribution < 1.29 is 4.39 Å². The first-order valence-corrected chi connectivity index (χ1v) is 10.1. The van der Waals surface area contributed by atoms with Gasteiger partial charge in [0.25, 0.3) is 0 Å². The zero-order chi connectivity index (χ0) is 19.2. The second-order valence-corrected chi connectivity index (χ2v) is 8.62. The summed E-state index contributed by atoms with van der Waals surface area (Å²) in [6, 6.07) is 13.4. The Hall–Kier alpha value is -2.00. The number of rotatable bonds is 4. The van der Waals surface area contributed by atoms with Crippen molar-refractivity contribution in [2.75, 3.05) is 6.54 Å². The molecule has 1 aliphatic heterocycles. The Labute approximate surface area is 162 Å². The molecule has 4 rings (SSSR count). The minimum atomic E-state index is -1.23. The van der Waals surface area contributed by atoms with Crippen LogP contribution in [0, 0.1) is 0 Å². The van der Waals surface area contributed by atoms with Crippen molar-refractivity contribution >= 4 is 5.57 Å². The summed E-state index contributed by atoms with van der Waals surface area (Å²) >= 11 is 0. The van der Waals surface area contributed by atoms with Crippen molar-refractivity contribution in [3.63, 3.8) is 0 Å². The Balaban J connectivity index is 1.81. The van der Waals surface area contributed by atoms with Gasteiger partial charge in [-0.2, -0.15) is 0 Å². The fourth-order valence-electron chi connectivity index (χ4n) is 4.70. The van der Waals surface area contributed by atoms with Gasteiger partial charge in [-0.05, 0) is 73.9 Å². The van der Waals surface area contributed by atoms with Crippen LogP contribution < -0.4 is 0 Å². The van der Waals surface area contributed by atoms with Gasteiger partial charge in [0.2, 0.25) is 0 Å². The molecular weight excluding hydrogens is 335 g/mol. The Kier molecular flexibility index (Phi) is 4.67. The minimum Gasteiger partial charge on any atom is -0.286 e. The van der Waals surface area contributed by atoms with Gasteiger partial charge >= 0.3 is 0 Å². The van der Waals surface area contributed by atoms with E-state index < -0.39 is 5.67 Å². The van der Waals surface area contributed by atoms with E-state index in [-0.39, 0.29) is 6.04 Å². The maximum atomic E-state index is 14.7. The predicted molar refractivity (Wildman–Crippen MR) is 109 cm³/mol. The van der Waals surface area contributed by atoms with E-state index in [2.05, 4.69) is 60.1 Å². The van der Waals surface area contributed by atoms with Gasteiger partial charge in [0.05, 0.1) is 6.04 Å². The highest BCUT2D eigenvalue weighted by Gasteiger charge is 2.40. The molecule has 142 valence electrons. The van der Waals surface area contributed by atoms with Crippen molar-refractivity contribution in [3.8, 4) is 0 Å². The van der Waals surface area contributed by atoms with Gasteiger partial charge in [-0.1, -0.05) is 37.3 Å². The van der Waals surface area contributed by atoms with E-state index >= 15 is 0 Å². The number of benzene rings is 1. The van der Waals surface area contributed by atoms with Crippen LogP contribution in [0.15, 0.2) is 48.2 Å². The summed E-state index contributed by atoms with van der Waals surface area (Å²) in [4.78, 5) is 7.00. The molecule has 2 aliphatic rings. The number of nitrogens with zero attached hydrogens (tertiary/aromatic N) is 2. The van der Waals surface area contributed by atoms with Crippen LogP contribution in [0.4, 0.5) is 4.39 Å². The zero-order valence-electron chi connectivity index (χ0n) is 16.8. The first-order valence-electron chi connectivity index (χ1n) is 10.1. The van der Waals surface area contributed by atoms with Crippen LogP contribution in [-0.2, 0) is 12.8 Å². The average molecular weight is 365 g/mol. The van der Waals surface area contributed by atoms with Crippen LogP contribution >= 0.6 is 0 Å². The number of pyridine rings is 1. The van der Waals surface area contributed by atoms with E-state index in [1.54, 1.807) is 13.8 Å². The fourth-order valence-corrected chi connectivity index (χ4v) is 4.70. The largest absolute Gasteiger partial charge is 0.286 e. The van der Waals surface area contributed by atoms with Crippen molar-refractivity contribution in [2.45, 2.75) is 64.7 Å². The lowest BCUT2D eigenvalue weighted by atomic mass is 9.85. The summed E-state index contributed by atoms with van der Waals surface area (Å²) < 4.78 is 14.7. The lowest BCUT2D eigenvalue weighted by Crippen LogP contribution is -2.46. The molecule has 1 aliphatic carbocycles. The molecule has 27 heavy (non-hydrogen) atoms. The third-order valence-corrected chi connectivity index (χ3v) is 5.92. The van der Waals surface area contributed by atoms with Crippen molar-refractivity contribution in [3.05, 3.63) is 70.6 Å². The minimum absolute atomic E-state index is 0.101. The van der Waals surface area contributed by atoms with Gasteiger partial charge in [-0.15, -0.1) is 0 Å². The summed E-state index contributed by atoms with van der Waals surface area (Å²) in [5, 5.41) is 0. The summed E-state index contributed by atoms with van der Waals surface area (Å²) in [6.07, 6.45) is 4.89. The molecule has 0 radical (unpaired) electrons. The van der Waals surface area contributed by atoms with Gasteiger partial charge in [-0.25, -0.2) is 4.39 Å². The summed E-state index contributed by atoms with van der Waals surface area (Å²) in [5.74, 6) is 0. The molecule has 0 N–H and O–H groups in total. The Morgan fingerprint density at radius 2 is 1.96 bits per heavy atom. The van der Waals surface area contributed by atoms with Crippen LogP contribution in [-0.4, -0.2) is 28.1 Å². The molecule has 2 unspecified atom stereocenters. The molecule has 2 aromatic rings. The van der Waals surface area contributed by atoms with E-state index in [9.17, 15) is 4.39 Å². The topological polar surface area (TPSA) is 16.1 Å². The number of aromatic nitrogens is 1.